The van der Waals surface area contributed by atoms with Crippen LogP contribution in [-0.2, 0) is 30.0 Å². The van der Waals surface area contributed by atoms with E-state index in [-0.39, 0.29) is 12.4 Å². The van der Waals surface area contributed by atoms with Crippen LogP contribution in [0, 0.1) is 6.92 Å². The molecular formula is C21H32BNO6. The molecule has 0 bridgehead atoms. The third kappa shape index (κ3) is 5.51. The van der Waals surface area contributed by atoms with Crippen LogP contribution in [0.2, 0.25) is 0 Å². The lowest BCUT2D eigenvalue weighted by Crippen LogP contribution is -2.41. The molecule has 0 saturated carbocycles. The normalized spacial score (nSPS) is 17.8. The maximum atomic E-state index is 12.3. The first kappa shape index (κ1) is 23.2. The lowest BCUT2D eigenvalue weighted by atomic mass is 9.77. The summed E-state index contributed by atoms with van der Waals surface area (Å²) in [5.74, 6) is -0.373. The maximum Gasteiger partial charge on any atom is 0.494 e. The first-order valence-corrected chi connectivity index (χ1v) is 9.71. The predicted octanol–water partition coefficient (Wildman–Crippen LogP) is 3.36. The lowest BCUT2D eigenvalue weighted by Gasteiger charge is -2.32. The molecule has 0 atom stereocenters. The fraction of sp³-hybridized carbons (Fsp3) is 0.619. The van der Waals surface area contributed by atoms with Gasteiger partial charge in [-0.15, -0.1) is 0 Å². The average Bonchev–Trinajstić information content (AvgIpc) is 2.77. The summed E-state index contributed by atoms with van der Waals surface area (Å²) in [6.07, 6.45) is -0.505. The first-order chi connectivity index (χ1) is 13.1. The second kappa shape index (κ2) is 7.99. The van der Waals surface area contributed by atoms with Gasteiger partial charge in [-0.2, -0.15) is 0 Å². The number of nitrogens with one attached hydrogen (secondary N) is 1. The zero-order valence-corrected chi connectivity index (χ0v) is 18.9. The van der Waals surface area contributed by atoms with E-state index in [2.05, 4.69) is 5.32 Å². The number of rotatable bonds is 4. The Labute approximate surface area is 173 Å². The van der Waals surface area contributed by atoms with Crippen LogP contribution in [0.25, 0.3) is 0 Å². The molecule has 1 aliphatic rings. The maximum absolute atomic E-state index is 12.3. The molecule has 2 rings (SSSR count). The van der Waals surface area contributed by atoms with Crippen LogP contribution in [0.15, 0.2) is 12.1 Å². The molecule has 0 spiro atoms. The van der Waals surface area contributed by atoms with Crippen LogP contribution in [0.5, 0.6) is 0 Å². The zero-order valence-electron chi connectivity index (χ0n) is 18.9. The number of carbonyl (C=O) groups excluding carboxylic acids is 2. The number of esters is 1. The number of ether oxygens (including phenoxy) is 2. The summed E-state index contributed by atoms with van der Waals surface area (Å²) in [5.41, 5.74) is 1.06. The van der Waals surface area contributed by atoms with E-state index in [0.717, 1.165) is 11.1 Å². The highest BCUT2D eigenvalue weighted by Crippen LogP contribution is 2.37. The van der Waals surface area contributed by atoms with E-state index in [9.17, 15) is 9.59 Å². The zero-order chi connectivity index (χ0) is 22.2. The number of hydrogen-bond acceptors (Lipinski definition) is 6. The molecule has 0 aliphatic carbocycles. The van der Waals surface area contributed by atoms with Gasteiger partial charge in [0.05, 0.1) is 24.7 Å². The third-order valence-corrected chi connectivity index (χ3v) is 5.26. The molecular weight excluding hydrogens is 373 g/mol. The topological polar surface area (TPSA) is 83.1 Å². The van der Waals surface area contributed by atoms with Gasteiger partial charge in [-0.05, 0) is 78.0 Å². The molecule has 1 N–H and O–H groups in total. The van der Waals surface area contributed by atoms with Crippen molar-refractivity contribution in [3.8, 4) is 0 Å². The summed E-state index contributed by atoms with van der Waals surface area (Å²) >= 11 is 0. The van der Waals surface area contributed by atoms with Crippen LogP contribution in [0.1, 0.15) is 59.6 Å². The number of benzene rings is 1. The van der Waals surface area contributed by atoms with E-state index >= 15 is 0 Å². The van der Waals surface area contributed by atoms with E-state index in [1.165, 1.54) is 7.11 Å². The quantitative estimate of drug-likeness (QED) is 0.611. The van der Waals surface area contributed by atoms with Gasteiger partial charge in [-0.1, -0.05) is 6.07 Å². The number of carbonyl (C=O) groups is 2. The molecule has 7 nitrogen and oxygen atoms in total. The van der Waals surface area contributed by atoms with Gasteiger partial charge in [0.15, 0.2) is 0 Å². The second-order valence-corrected chi connectivity index (χ2v) is 9.32. The molecule has 1 amide bonds. The van der Waals surface area contributed by atoms with Crippen molar-refractivity contribution in [2.75, 3.05) is 12.4 Å². The molecule has 1 aromatic rings. The molecule has 0 radical (unpaired) electrons. The Morgan fingerprint density at radius 1 is 1.10 bits per heavy atom. The van der Waals surface area contributed by atoms with Crippen molar-refractivity contribution in [1.29, 1.82) is 0 Å². The van der Waals surface area contributed by atoms with Gasteiger partial charge in [0.1, 0.15) is 5.60 Å². The molecule has 160 valence electrons. The van der Waals surface area contributed by atoms with Gasteiger partial charge >= 0.3 is 19.2 Å². The van der Waals surface area contributed by atoms with Crippen molar-refractivity contribution in [1.82, 2.24) is 0 Å². The Morgan fingerprint density at radius 2 is 1.66 bits per heavy atom. The van der Waals surface area contributed by atoms with Crippen molar-refractivity contribution < 1.29 is 28.4 Å². The molecule has 1 fully saturated rings. The minimum atomic E-state index is -0.629. The molecule has 1 aliphatic heterocycles. The van der Waals surface area contributed by atoms with E-state index in [1.807, 2.05) is 40.7 Å². The van der Waals surface area contributed by atoms with Gasteiger partial charge in [0.2, 0.25) is 0 Å². The van der Waals surface area contributed by atoms with Crippen LogP contribution in [0.3, 0.4) is 0 Å². The average molecular weight is 405 g/mol. The molecule has 8 heteroatoms. The number of hydrogen-bond donors (Lipinski definition) is 1. The summed E-state index contributed by atoms with van der Waals surface area (Å²) in [4.78, 5) is 24.2. The van der Waals surface area contributed by atoms with E-state index in [1.54, 1.807) is 26.8 Å². The second-order valence-electron chi connectivity index (χ2n) is 9.32. The van der Waals surface area contributed by atoms with Crippen molar-refractivity contribution >= 4 is 30.3 Å². The Bertz CT molecular complexity index is 781. The minimum Gasteiger partial charge on any atom is -0.469 e. The Balaban J connectivity index is 2.42. The van der Waals surface area contributed by atoms with E-state index in [0.29, 0.717) is 11.2 Å². The highest BCUT2D eigenvalue weighted by molar-refractivity contribution is 6.62. The first-order valence-electron chi connectivity index (χ1n) is 9.71. The van der Waals surface area contributed by atoms with Crippen LogP contribution in [0.4, 0.5) is 10.5 Å². The highest BCUT2D eigenvalue weighted by atomic mass is 16.7. The van der Waals surface area contributed by atoms with Gasteiger partial charge in [0.25, 0.3) is 0 Å². The summed E-state index contributed by atoms with van der Waals surface area (Å²) in [7, 11) is 0.714. The number of methoxy groups -OCH3 is 1. The van der Waals surface area contributed by atoms with E-state index in [4.69, 9.17) is 18.8 Å². The van der Waals surface area contributed by atoms with Crippen molar-refractivity contribution in [3.05, 3.63) is 23.3 Å². The third-order valence-electron chi connectivity index (χ3n) is 5.26. The minimum absolute atomic E-state index is 0.0681. The van der Waals surface area contributed by atoms with Crippen molar-refractivity contribution in [3.63, 3.8) is 0 Å². The molecule has 0 unspecified atom stereocenters. The highest BCUT2D eigenvalue weighted by Gasteiger charge is 2.51. The largest absolute Gasteiger partial charge is 0.494 e. The fourth-order valence-electron chi connectivity index (χ4n) is 2.87. The Hall–Kier alpha value is -2.06. The molecule has 1 heterocycles. The summed E-state index contributed by atoms with van der Waals surface area (Å²) in [6.45, 7) is 15.1. The van der Waals surface area contributed by atoms with Crippen LogP contribution < -0.4 is 10.8 Å². The molecule has 1 aromatic carbocycles. The van der Waals surface area contributed by atoms with Crippen molar-refractivity contribution in [2.24, 2.45) is 0 Å². The van der Waals surface area contributed by atoms with Gasteiger partial charge in [0, 0.05) is 5.69 Å². The summed E-state index contributed by atoms with van der Waals surface area (Å²) in [5, 5.41) is 2.78. The lowest BCUT2D eigenvalue weighted by molar-refractivity contribution is -0.139. The van der Waals surface area contributed by atoms with Crippen LogP contribution >= 0.6 is 0 Å². The van der Waals surface area contributed by atoms with Crippen molar-refractivity contribution in [2.45, 2.75) is 78.6 Å². The molecule has 29 heavy (non-hydrogen) atoms. The van der Waals surface area contributed by atoms with Gasteiger partial charge in [-0.3, -0.25) is 10.1 Å². The van der Waals surface area contributed by atoms with Gasteiger partial charge < -0.3 is 18.8 Å². The van der Waals surface area contributed by atoms with Gasteiger partial charge in [-0.25, -0.2) is 4.79 Å². The number of anilines is 1. The number of amides is 1. The fourth-order valence-corrected chi connectivity index (χ4v) is 2.87. The van der Waals surface area contributed by atoms with E-state index < -0.39 is 30.0 Å². The predicted molar refractivity (Wildman–Crippen MR) is 112 cm³/mol. The smallest absolute Gasteiger partial charge is 0.469 e. The monoisotopic (exact) mass is 405 g/mol. The standard InChI is InChI=1S/C21H32BNO6/c1-13-14(11-17(24)26-9)10-15(22-28-20(5,6)21(7,8)29-22)12-16(13)23-18(25)27-19(2,3)4/h10,12H,11H2,1-9H3,(H,23,25). The molecule has 1 saturated heterocycles. The Kier molecular flexibility index (Phi) is 6.40. The Morgan fingerprint density at radius 3 is 2.14 bits per heavy atom. The SMILES string of the molecule is COC(=O)Cc1cc(B2OC(C)(C)C(C)(C)O2)cc(NC(=O)OC(C)(C)C)c1C. The summed E-state index contributed by atoms with van der Waals surface area (Å²) < 4.78 is 22.4. The van der Waals surface area contributed by atoms with Crippen LogP contribution in [-0.4, -0.2) is 43.1 Å². The molecule has 0 aromatic heterocycles. The summed E-state index contributed by atoms with van der Waals surface area (Å²) in [6, 6.07) is 3.65.